The highest BCUT2D eigenvalue weighted by atomic mass is 31.2. The fourth-order valence-electron chi connectivity index (χ4n) is 7.80. The minimum absolute atomic E-state index is 0.251. The molecule has 0 atom stereocenters. The molecule has 0 saturated carbocycles. The van der Waals surface area contributed by atoms with Gasteiger partial charge in [-0.25, -0.2) is 0 Å². The lowest BCUT2D eigenvalue weighted by Gasteiger charge is -2.25. The predicted octanol–water partition coefficient (Wildman–Crippen LogP) is 10.2. The number of rotatable bonds is 4. The van der Waals surface area contributed by atoms with E-state index in [9.17, 15) is 0 Å². The van der Waals surface area contributed by atoms with Crippen LogP contribution < -0.4 is 15.9 Å². The summed E-state index contributed by atoms with van der Waals surface area (Å²) in [5, 5.41) is 10.4. The lowest BCUT2D eigenvalue weighted by molar-refractivity contribution is 0.592. The molecule has 214 valence electrons. The summed E-state index contributed by atoms with van der Waals surface area (Å²) < 4.78 is 15.2. The van der Waals surface area contributed by atoms with Crippen molar-refractivity contribution in [2.45, 2.75) is 19.3 Å². The van der Waals surface area contributed by atoms with E-state index in [1.165, 1.54) is 65.7 Å². The van der Waals surface area contributed by atoms with Gasteiger partial charge in [-0.3, -0.25) is 0 Å². The van der Waals surface area contributed by atoms with Crippen molar-refractivity contribution in [2.24, 2.45) is 0 Å². The second-order valence-electron chi connectivity index (χ2n) is 12.9. The van der Waals surface area contributed by atoms with Crippen molar-refractivity contribution >= 4 is 55.4 Å². The molecule has 1 nitrogen and oxygen atoms in total. The maximum Gasteiger partial charge on any atom is 0.171 e. The van der Waals surface area contributed by atoms with Crippen LogP contribution in [0.15, 0.2) is 152 Å². The van der Waals surface area contributed by atoms with Crippen molar-refractivity contribution in [1.82, 2.24) is 0 Å². The van der Waals surface area contributed by atoms with E-state index in [4.69, 9.17) is 0 Å². The molecule has 0 saturated heterocycles. The molecule has 1 aliphatic rings. The molecule has 45 heavy (non-hydrogen) atoms. The van der Waals surface area contributed by atoms with Gasteiger partial charge in [-0.05, 0) is 77.8 Å². The summed E-state index contributed by atoms with van der Waals surface area (Å²) in [6.45, 7) is 4.62. The first-order chi connectivity index (χ1) is 21.9. The van der Waals surface area contributed by atoms with Gasteiger partial charge in [0.2, 0.25) is 0 Å². The van der Waals surface area contributed by atoms with E-state index in [2.05, 4.69) is 105 Å². The second-order valence-corrected chi connectivity index (χ2v) is 15.6. The molecule has 0 radical (unpaired) electrons. The second kappa shape index (κ2) is 9.51. The molecular formula is C43H31OP. The molecule has 1 aliphatic carbocycles. The summed E-state index contributed by atoms with van der Waals surface area (Å²) in [6.07, 6.45) is 0. The molecule has 0 fully saturated rings. The molecular weight excluding hydrogens is 563 g/mol. The Bertz CT molecular complexity index is 2410. The Kier molecular flexibility index (Phi) is 5.59. The third-order valence-corrected chi connectivity index (χ3v) is 13.2. The highest BCUT2D eigenvalue weighted by Crippen LogP contribution is 2.52. The molecule has 8 aromatic carbocycles. The van der Waals surface area contributed by atoms with Gasteiger partial charge in [-0.2, -0.15) is 0 Å². The molecule has 0 amide bonds. The number of fused-ring (bicyclic) bond motifs is 3. The molecule has 0 heterocycles. The van der Waals surface area contributed by atoms with Gasteiger partial charge >= 0.3 is 0 Å². The van der Waals surface area contributed by atoms with E-state index in [0.717, 1.165) is 15.9 Å². The van der Waals surface area contributed by atoms with Gasteiger partial charge in [0.1, 0.15) is 0 Å². The smallest absolute Gasteiger partial charge is 0.171 e. The van der Waals surface area contributed by atoms with Crippen LogP contribution in [0.1, 0.15) is 25.0 Å². The first kappa shape index (κ1) is 26.4. The van der Waals surface area contributed by atoms with Crippen molar-refractivity contribution in [3.05, 3.63) is 163 Å². The van der Waals surface area contributed by atoms with Gasteiger partial charge < -0.3 is 4.57 Å². The zero-order chi connectivity index (χ0) is 30.3. The molecule has 0 spiro atoms. The average molecular weight is 595 g/mol. The first-order valence-electron chi connectivity index (χ1n) is 15.6. The van der Waals surface area contributed by atoms with Gasteiger partial charge in [-0.1, -0.05) is 153 Å². The molecule has 0 aromatic heterocycles. The van der Waals surface area contributed by atoms with Gasteiger partial charge in [0.15, 0.2) is 7.14 Å². The summed E-state index contributed by atoms with van der Waals surface area (Å²) in [7, 11) is -3.07. The van der Waals surface area contributed by atoms with Gasteiger partial charge in [0.25, 0.3) is 0 Å². The maximum absolute atomic E-state index is 15.2. The van der Waals surface area contributed by atoms with Crippen molar-refractivity contribution in [1.29, 1.82) is 0 Å². The maximum atomic E-state index is 15.2. The van der Waals surface area contributed by atoms with E-state index >= 15 is 4.57 Å². The molecule has 0 unspecified atom stereocenters. The number of hydrogen-bond acceptors (Lipinski definition) is 1. The minimum Gasteiger partial charge on any atom is -0.309 e. The van der Waals surface area contributed by atoms with Crippen LogP contribution in [0.4, 0.5) is 0 Å². The molecule has 9 rings (SSSR count). The summed E-state index contributed by atoms with van der Waals surface area (Å²) in [4.78, 5) is 0. The van der Waals surface area contributed by atoms with Gasteiger partial charge in [-0.15, -0.1) is 0 Å². The predicted molar refractivity (Wildman–Crippen MR) is 193 cm³/mol. The Morgan fingerprint density at radius 1 is 0.444 bits per heavy atom. The molecule has 0 aliphatic heterocycles. The molecule has 0 bridgehead atoms. The fraction of sp³-hybridized carbons (Fsp3) is 0.0698. The molecule has 0 N–H and O–H groups in total. The molecule has 8 aromatic rings. The minimum atomic E-state index is -3.07. The van der Waals surface area contributed by atoms with Gasteiger partial charge in [0, 0.05) is 21.3 Å². The Hall–Kier alpha value is -4.97. The van der Waals surface area contributed by atoms with Crippen LogP contribution in [0.3, 0.4) is 0 Å². The third-order valence-electron chi connectivity index (χ3n) is 10.1. The van der Waals surface area contributed by atoms with Crippen molar-refractivity contribution in [3.63, 3.8) is 0 Å². The largest absolute Gasteiger partial charge is 0.309 e. The lowest BCUT2D eigenvalue weighted by Crippen LogP contribution is -2.26. The van der Waals surface area contributed by atoms with Crippen LogP contribution in [0.5, 0.6) is 0 Å². The highest BCUT2D eigenvalue weighted by Gasteiger charge is 2.38. The zero-order valence-corrected chi connectivity index (χ0v) is 26.2. The van der Waals surface area contributed by atoms with Crippen LogP contribution >= 0.6 is 7.14 Å². The topological polar surface area (TPSA) is 17.1 Å². The van der Waals surface area contributed by atoms with Crippen LogP contribution in [0.25, 0.3) is 54.6 Å². The SMILES string of the molecule is CC1(C)c2cc(-c3ccc4ccc5cccc6ccc3c4c56)ccc2-c2ccc(P(=O)(c3ccccc3)c3ccccc3)cc21. The normalized spacial score (nSPS) is 13.8. The Labute approximate surface area is 263 Å². The van der Waals surface area contributed by atoms with E-state index in [0.29, 0.717) is 0 Å². The number of hydrogen-bond donors (Lipinski definition) is 0. The van der Waals surface area contributed by atoms with Crippen molar-refractivity contribution in [2.75, 3.05) is 0 Å². The van der Waals surface area contributed by atoms with E-state index in [1.54, 1.807) is 0 Å². The standard InChI is InChI=1S/C43H31OP/c1-43(2)39-26-31(35-22-18-30-17-16-28-10-9-11-29-19-24-38(35)42(30)41(28)29)20-23-36(39)37-25-21-34(27-40(37)43)45(44,32-12-5-3-6-13-32)33-14-7-4-8-15-33/h3-27H,1-2H3. The quantitative estimate of drug-likeness (QED) is 0.146. The monoisotopic (exact) mass is 594 g/mol. The fourth-order valence-corrected chi connectivity index (χ4v) is 10.5. The summed E-state index contributed by atoms with van der Waals surface area (Å²) in [5.74, 6) is 0. The Balaban J connectivity index is 1.20. The van der Waals surface area contributed by atoms with E-state index in [-0.39, 0.29) is 5.41 Å². The summed E-state index contributed by atoms with van der Waals surface area (Å²) in [6, 6.07) is 53.6. The Morgan fingerprint density at radius 2 is 0.978 bits per heavy atom. The average Bonchev–Trinajstić information content (AvgIpc) is 3.32. The van der Waals surface area contributed by atoms with E-state index < -0.39 is 7.14 Å². The van der Waals surface area contributed by atoms with E-state index in [1.807, 2.05) is 60.7 Å². The highest BCUT2D eigenvalue weighted by molar-refractivity contribution is 7.85. The van der Waals surface area contributed by atoms with Crippen molar-refractivity contribution in [3.8, 4) is 22.3 Å². The summed E-state index contributed by atoms with van der Waals surface area (Å²) >= 11 is 0. The summed E-state index contributed by atoms with van der Waals surface area (Å²) in [5.41, 5.74) is 7.27. The van der Waals surface area contributed by atoms with Gasteiger partial charge in [0.05, 0.1) is 0 Å². The van der Waals surface area contributed by atoms with Crippen molar-refractivity contribution < 1.29 is 4.57 Å². The molecule has 2 heteroatoms. The third kappa shape index (κ3) is 3.71. The van der Waals surface area contributed by atoms with Crippen LogP contribution in [-0.4, -0.2) is 0 Å². The first-order valence-corrected chi connectivity index (χ1v) is 17.3. The van der Waals surface area contributed by atoms with Crippen LogP contribution in [-0.2, 0) is 9.98 Å². The number of benzene rings is 8. The van der Waals surface area contributed by atoms with Crippen LogP contribution in [0.2, 0.25) is 0 Å². The Morgan fingerprint density at radius 3 is 1.64 bits per heavy atom. The van der Waals surface area contributed by atoms with Crippen LogP contribution in [0, 0.1) is 0 Å². The zero-order valence-electron chi connectivity index (χ0n) is 25.3. The lowest BCUT2D eigenvalue weighted by atomic mass is 9.81.